The second-order valence-corrected chi connectivity index (χ2v) is 4.41. The smallest absolute Gasteiger partial charge is 0.118 e. The summed E-state index contributed by atoms with van der Waals surface area (Å²) in [7, 11) is 1.62. The predicted molar refractivity (Wildman–Crippen MR) is 80.6 cm³/mol. The van der Waals surface area contributed by atoms with E-state index in [2.05, 4.69) is 5.32 Å². The molecule has 0 spiro atoms. The minimum atomic E-state index is 0.282. The zero-order chi connectivity index (χ0) is 15.2. The molecule has 0 heterocycles. The maximum Gasteiger partial charge on any atom is 0.118 e. The van der Waals surface area contributed by atoms with Crippen molar-refractivity contribution in [2.24, 2.45) is 0 Å². The Balaban J connectivity index is 2.16. The van der Waals surface area contributed by atoms with Crippen molar-refractivity contribution in [1.29, 1.82) is 10.5 Å². The Labute approximate surface area is 123 Å². The molecule has 2 aromatic rings. The van der Waals surface area contributed by atoms with E-state index in [0.717, 1.165) is 11.3 Å². The SMILES string of the molecule is COc1ccc(CNc2cc(C#N)c(C#N)cc2N)cc1. The Hall–Kier alpha value is -3.18. The summed E-state index contributed by atoms with van der Waals surface area (Å²) < 4.78 is 5.10. The van der Waals surface area contributed by atoms with Crippen LogP contribution in [0.25, 0.3) is 0 Å². The van der Waals surface area contributed by atoms with Crippen molar-refractivity contribution in [2.75, 3.05) is 18.2 Å². The van der Waals surface area contributed by atoms with Gasteiger partial charge in [-0.05, 0) is 29.8 Å². The van der Waals surface area contributed by atoms with Crippen LogP contribution < -0.4 is 15.8 Å². The fourth-order valence-corrected chi connectivity index (χ4v) is 1.90. The van der Waals surface area contributed by atoms with Crippen LogP contribution in [0.1, 0.15) is 16.7 Å². The lowest BCUT2D eigenvalue weighted by atomic mass is 10.1. The zero-order valence-electron chi connectivity index (χ0n) is 11.6. The summed E-state index contributed by atoms with van der Waals surface area (Å²) >= 11 is 0. The molecule has 3 N–H and O–H groups in total. The molecule has 2 aromatic carbocycles. The second kappa shape index (κ2) is 6.31. The van der Waals surface area contributed by atoms with Crippen molar-refractivity contribution < 1.29 is 4.74 Å². The van der Waals surface area contributed by atoms with Gasteiger partial charge < -0.3 is 15.8 Å². The predicted octanol–water partition coefficient (Wildman–Crippen LogP) is 2.63. The number of rotatable bonds is 4. The van der Waals surface area contributed by atoms with Gasteiger partial charge in [-0.25, -0.2) is 0 Å². The molecule has 0 amide bonds. The quantitative estimate of drug-likeness (QED) is 0.838. The monoisotopic (exact) mass is 278 g/mol. The number of benzene rings is 2. The Bertz CT molecular complexity index is 724. The van der Waals surface area contributed by atoms with Crippen LogP contribution in [0.5, 0.6) is 5.75 Å². The summed E-state index contributed by atoms with van der Waals surface area (Å²) in [6.45, 7) is 0.560. The highest BCUT2D eigenvalue weighted by molar-refractivity contribution is 5.72. The van der Waals surface area contributed by atoms with Gasteiger partial charge in [0.15, 0.2) is 0 Å². The first-order chi connectivity index (χ1) is 10.2. The topological polar surface area (TPSA) is 94.9 Å². The minimum Gasteiger partial charge on any atom is -0.497 e. The highest BCUT2D eigenvalue weighted by atomic mass is 16.5. The largest absolute Gasteiger partial charge is 0.497 e. The highest BCUT2D eigenvalue weighted by Crippen LogP contribution is 2.24. The normalized spacial score (nSPS) is 9.48. The van der Waals surface area contributed by atoms with Crippen molar-refractivity contribution in [2.45, 2.75) is 6.54 Å². The molecular weight excluding hydrogens is 264 g/mol. The molecule has 0 aromatic heterocycles. The van der Waals surface area contributed by atoms with Crippen molar-refractivity contribution in [3.05, 3.63) is 53.1 Å². The van der Waals surface area contributed by atoms with E-state index in [0.29, 0.717) is 23.5 Å². The van der Waals surface area contributed by atoms with Crippen LogP contribution in [0.4, 0.5) is 11.4 Å². The molecular formula is C16H14N4O. The number of nitrogen functional groups attached to an aromatic ring is 1. The lowest BCUT2D eigenvalue weighted by Gasteiger charge is -2.11. The molecule has 5 nitrogen and oxygen atoms in total. The number of nitrogens with two attached hydrogens (primary N) is 1. The van der Waals surface area contributed by atoms with Gasteiger partial charge in [-0.15, -0.1) is 0 Å². The average Bonchev–Trinajstić information content (AvgIpc) is 2.53. The summed E-state index contributed by atoms with van der Waals surface area (Å²) in [4.78, 5) is 0. The summed E-state index contributed by atoms with van der Waals surface area (Å²) in [5, 5.41) is 21.1. The lowest BCUT2D eigenvalue weighted by molar-refractivity contribution is 0.414. The molecule has 0 aliphatic heterocycles. The number of ether oxygens (including phenoxy) is 1. The van der Waals surface area contributed by atoms with Crippen molar-refractivity contribution in [3.63, 3.8) is 0 Å². The van der Waals surface area contributed by atoms with Crippen molar-refractivity contribution in [1.82, 2.24) is 0 Å². The Kier molecular flexibility index (Phi) is 4.28. The second-order valence-electron chi connectivity index (χ2n) is 4.41. The van der Waals surface area contributed by atoms with E-state index in [1.807, 2.05) is 36.4 Å². The standard InChI is InChI=1S/C16H14N4O/c1-21-14-4-2-11(3-5-14)10-20-16-7-13(9-18)12(8-17)6-15(16)19/h2-7,20H,10,19H2,1H3. The average molecular weight is 278 g/mol. The first-order valence-electron chi connectivity index (χ1n) is 6.28. The van der Waals surface area contributed by atoms with Crippen molar-refractivity contribution >= 4 is 11.4 Å². The van der Waals surface area contributed by atoms with Gasteiger partial charge in [0.25, 0.3) is 0 Å². The third kappa shape index (κ3) is 3.23. The zero-order valence-corrected chi connectivity index (χ0v) is 11.6. The lowest BCUT2D eigenvalue weighted by Crippen LogP contribution is -2.04. The summed E-state index contributed by atoms with van der Waals surface area (Å²) in [5.41, 5.74) is 8.62. The number of hydrogen-bond donors (Lipinski definition) is 2. The molecule has 2 rings (SSSR count). The molecule has 0 radical (unpaired) electrons. The fraction of sp³-hybridized carbons (Fsp3) is 0.125. The first kappa shape index (κ1) is 14.2. The third-order valence-electron chi connectivity index (χ3n) is 3.07. The number of hydrogen-bond acceptors (Lipinski definition) is 5. The molecule has 0 bridgehead atoms. The number of nitrogens with zero attached hydrogens (tertiary/aromatic N) is 2. The Morgan fingerprint density at radius 3 is 2.29 bits per heavy atom. The van der Waals surface area contributed by atoms with Gasteiger partial charge in [-0.3, -0.25) is 0 Å². The number of nitriles is 2. The molecule has 0 aliphatic rings. The van der Waals surface area contributed by atoms with Crippen LogP contribution in [0, 0.1) is 22.7 Å². The molecule has 0 unspecified atom stereocenters. The summed E-state index contributed by atoms with van der Waals surface area (Å²) in [6.07, 6.45) is 0. The van der Waals surface area contributed by atoms with E-state index >= 15 is 0 Å². The summed E-state index contributed by atoms with van der Waals surface area (Å²) in [5.74, 6) is 0.795. The van der Waals surface area contributed by atoms with Gasteiger partial charge >= 0.3 is 0 Å². The van der Waals surface area contributed by atoms with Crippen LogP contribution in [-0.2, 0) is 6.54 Å². The molecule has 0 atom stereocenters. The molecule has 0 fully saturated rings. The van der Waals surface area contributed by atoms with E-state index in [4.69, 9.17) is 21.0 Å². The van der Waals surface area contributed by atoms with E-state index in [1.54, 1.807) is 13.2 Å². The van der Waals surface area contributed by atoms with Gasteiger partial charge in [0.2, 0.25) is 0 Å². The maximum absolute atomic E-state index is 9.02. The van der Waals surface area contributed by atoms with Crippen molar-refractivity contribution in [3.8, 4) is 17.9 Å². The van der Waals surface area contributed by atoms with E-state index in [9.17, 15) is 0 Å². The molecule has 0 saturated carbocycles. The van der Waals surface area contributed by atoms with Crippen LogP contribution in [0.2, 0.25) is 0 Å². The summed E-state index contributed by atoms with van der Waals surface area (Å²) in [6, 6.07) is 14.7. The van der Waals surface area contributed by atoms with Gasteiger partial charge in [0.05, 0.1) is 29.6 Å². The van der Waals surface area contributed by atoms with E-state index in [-0.39, 0.29) is 5.56 Å². The molecule has 21 heavy (non-hydrogen) atoms. The van der Waals surface area contributed by atoms with Crippen LogP contribution in [-0.4, -0.2) is 7.11 Å². The maximum atomic E-state index is 9.02. The third-order valence-corrected chi connectivity index (χ3v) is 3.07. The number of methoxy groups -OCH3 is 1. The first-order valence-corrected chi connectivity index (χ1v) is 6.28. The van der Waals surface area contributed by atoms with E-state index in [1.165, 1.54) is 6.07 Å². The Morgan fingerprint density at radius 1 is 1.10 bits per heavy atom. The highest BCUT2D eigenvalue weighted by Gasteiger charge is 2.07. The van der Waals surface area contributed by atoms with Crippen LogP contribution in [0.15, 0.2) is 36.4 Å². The molecule has 5 heteroatoms. The fourth-order valence-electron chi connectivity index (χ4n) is 1.90. The van der Waals surface area contributed by atoms with Crippen LogP contribution >= 0.6 is 0 Å². The van der Waals surface area contributed by atoms with Gasteiger partial charge in [0.1, 0.15) is 17.9 Å². The molecule has 0 aliphatic carbocycles. The van der Waals surface area contributed by atoms with E-state index < -0.39 is 0 Å². The van der Waals surface area contributed by atoms with Gasteiger partial charge in [-0.2, -0.15) is 10.5 Å². The van der Waals surface area contributed by atoms with Gasteiger partial charge in [0, 0.05) is 6.54 Å². The number of anilines is 2. The molecule has 0 saturated heterocycles. The Morgan fingerprint density at radius 2 is 1.71 bits per heavy atom. The van der Waals surface area contributed by atoms with Crippen LogP contribution in [0.3, 0.4) is 0 Å². The molecule has 104 valence electrons. The number of nitrogens with one attached hydrogen (secondary N) is 1. The minimum absolute atomic E-state index is 0.282. The van der Waals surface area contributed by atoms with Gasteiger partial charge in [-0.1, -0.05) is 12.1 Å².